The van der Waals surface area contributed by atoms with Crippen LogP contribution in [0.2, 0.25) is 0 Å². The van der Waals surface area contributed by atoms with Crippen molar-refractivity contribution in [2.45, 2.75) is 6.54 Å². The topological polar surface area (TPSA) is 68.1 Å². The van der Waals surface area contributed by atoms with Crippen LogP contribution in [0.3, 0.4) is 0 Å². The first-order chi connectivity index (χ1) is 9.06. The molecule has 0 amide bonds. The highest BCUT2D eigenvalue weighted by molar-refractivity contribution is 9.10. The molecule has 0 aliphatic rings. The zero-order valence-electron chi connectivity index (χ0n) is 9.64. The van der Waals surface area contributed by atoms with Crippen molar-refractivity contribution in [2.24, 2.45) is 0 Å². The number of nitro benzene ring substituents is 1. The van der Waals surface area contributed by atoms with E-state index in [0.717, 1.165) is 15.7 Å². The highest BCUT2D eigenvalue weighted by Gasteiger charge is 2.11. The highest BCUT2D eigenvalue weighted by Crippen LogP contribution is 2.27. The summed E-state index contributed by atoms with van der Waals surface area (Å²) in [4.78, 5) is 14.3. The van der Waals surface area contributed by atoms with Crippen molar-refractivity contribution in [2.75, 3.05) is 5.32 Å². The zero-order chi connectivity index (χ0) is 13.8. The van der Waals surface area contributed by atoms with Crippen molar-refractivity contribution in [3.8, 4) is 0 Å². The van der Waals surface area contributed by atoms with Crippen LogP contribution in [0, 0.1) is 10.1 Å². The van der Waals surface area contributed by atoms with Crippen LogP contribution in [-0.4, -0.2) is 9.91 Å². The number of hydrogen-bond acceptors (Lipinski definition) is 4. The first-order valence-corrected chi connectivity index (χ1v) is 6.92. The number of rotatable bonds is 4. The van der Waals surface area contributed by atoms with Gasteiger partial charge in [-0.2, -0.15) is 0 Å². The van der Waals surface area contributed by atoms with Gasteiger partial charge in [0.1, 0.15) is 0 Å². The Morgan fingerprint density at radius 2 is 2.05 bits per heavy atom. The Kier molecular flexibility index (Phi) is 4.49. The second-order valence-electron chi connectivity index (χ2n) is 3.79. The zero-order valence-corrected chi connectivity index (χ0v) is 12.8. The van der Waals surface area contributed by atoms with Gasteiger partial charge in [-0.1, -0.05) is 0 Å². The number of hydrogen-bond donors (Lipinski definition) is 1. The lowest BCUT2D eigenvalue weighted by atomic mass is 10.2. The Labute approximate surface area is 126 Å². The summed E-state index contributed by atoms with van der Waals surface area (Å²) in [6, 6.07) is 6.78. The molecule has 1 aromatic carbocycles. The molecule has 7 heteroatoms. The van der Waals surface area contributed by atoms with Gasteiger partial charge in [0.15, 0.2) is 0 Å². The molecular formula is C12H9Br2N3O2. The van der Waals surface area contributed by atoms with E-state index in [0.29, 0.717) is 11.0 Å². The summed E-state index contributed by atoms with van der Waals surface area (Å²) in [5, 5.41) is 13.9. The number of aromatic nitrogens is 1. The molecule has 0 saturated carbocycles. The van der Waals surface area contributed by atoms with E-state index in [1.165, 1.54) is 6.07 Å². The number of benzene rings is 1. The predicted octanol–water partition coefficient (Wildman–Crippen LogP) is 4.13. The van der Waals surface area contributed by atoms with E-state index in [1.807, 2.05) is 6.07 Å². The van der Waals surface area contributed by atoms with Gasteiger partial charge in [0.25, 0.3) is 5.69 Å². The van der Waals surface area contributed by atoms with Crippen LogP contribution in [0.1, 0.15) is 5.56 Å². The van der Waals surface area contributed by atoms with E-state index in [-0.39, 0.29) is 5.69 Å². The fourth-order valence-electron chi connectivity index (χ4n) is 1.52. The molecule has 0 aliphatic heterocycles. The fraction of sp³-hybridized carbons (Fsp3) is 0.0833. The minimum atomic E-state index is -0.425. The van der Waals surface area contributed by atoms with Gasteiger partial charge in [-0.25, -0.2) is 0 Å². The third-order valence-electron chi connectivity index (χ3n) is 2.40. The molecule has 2 rings (SSSR count). The number of pyridine rings is 1. The van der Waals surface area contributed by atoms with Gasteiger partial charge in [-0.05, 0) is 55.6 Å². The third-order valence-corrected chi connectivity index (χ3v) is 3.47. The van der Waals surface area contributed by atoms with Gasteiger partial charge in [0, 0.05) is 35.2 Å². The molecule has 0 unspecified atom stereocenters. The summed E-state index contributed by atoms with van der Waals surface area (Å²) in [5.41, 5.74) is 1.87. The maximum atomic E-state index is 10.7. The molecule has 1 N–H and O–H groups in total. The largest absolute Gasteiger partial charge is 0.381 e. The number of nitrogens with one attached hydrogen (secondary N) is 1. The van der Waals surface area contributed by atoms with Gasteiger partial charge in [0.05, 0.1) is 9.40 Å². The van der Waals surface area contributed by atoms with Crippen LogP contribution in [-0.2, 0) is 6.54 Å². The van der Waals surface area contributed by atoms with Gasteiger partial charge >= 0.3 is 0 Å². The van der Waals surface area contributed by atoms with E-state index in [1.54, 1.807) is 24.5 Å². The molecule has 0 atom stereocenters. The van der Waals surface area contributed by atoms with Crippen molar-refractivity contribution in [1.82, 2.24) is 4.98 Å². The second kappa shape index (κ2) is 6.12. The average molecular weight is 387 g/mol. The molecule has 0 bridgehead atoms. The number of halogens is 2. The van der Waals surface area contributed by atoms with E-state index in [2.05, 4.69) is 42.2 Å². The lowest BCUT2D eigenvalue weighted by Crippen LogP contribution is -2.00. The fourth-order valence-corrected chi connectivity index (χ4v) is 2.46. The molecule has 0 fully saturated rings. The lowest BCUT2D eigenvalue weighted by molar-refractivity contribution is -0.385. The van der Waals surface area contributed by atoms with Crippen molar-refractivity contribution in [3.05, 3.63) is 61.3 Å². The SMILES string of the molecule is O=[N+]([O-])c1ccc(NCc2cncc(Br)c2)cc1Br. The Balaban J connectivity index is 2.08. The predicted molar refractivity (Wildman–Crippen MR) is 80.1 cm³/mol. The quantitative estimate of drug-likeness (QED) is 0.633. The molecule has 0 aliphatic carbocycles. The van der Waals surface area contributed by atoms with Gasteiger partial charge in [-0.3, -0.25) is 15.1 Å². The van der Waals surface area contributed by atoms with E-state index in [9.17, 15) is 10.1 Å². The monoisotopic (exact) mass is 385 g/mol. The van der Waals surface area contributed by atoms with Crippen LogP contribution < -0.4 is 5.32 Å². The van der Waals surface area contributed by atoms with Crippen molar-refractivity contribution < 1.29 is 4.92 Å². The number of anilines is 1. The van der Waals surface area contributed by atoms with Crippen molar-refractivity contribution >= 4 is 43.2 Å². The van der Waals surface area contributed by atoms with E-state index >= 15 is 0 Å². The van der Waals surface area contributed by atoms with E-state index in [4.69, 9.17) is 0 Å². The molecule has 98 valence electrons. The maximum Gasteiger partial charge on any atom is 0.283 e. The Morgan fingerprint density at radius 1 is 1.26 bits per heavy atom. The van der Waals surface area contributed by atoms with Crippen molar-refractivity contribution in [1.29, 1.82) is 0 Å². The maximum absolute atomic E-state index is 10.7. The molecule has 2 aromatic rings. The minimum absolute atomic E-state index is 0.0506. The molecule has 0 spiro atoms. The summed E-state index contributed by atoms with van der Waals surface area (Å²) < 4.78 is 1.37. The molecule has 0 saturated heterocycles. The standard InChI is InChI=1S/C12H9Br2N3O2/c13-9-3-8(5-15-7-9)6-16-10-1-2-12(17(18)19)11(14)4-10/h1-5,7,16H,6H2. The Bertz CT molecular complexity index is 620. The van der Waals surface area contributed by atoms with Crippen LogP contribution in [0.4, 0.5) is 11.4 Å². The van der Waals surface area contributed by atoms with Crippen LogP contribution in [0.15, 0.2) is 45.6 Å². The number of nitrogens with zero attached hydrogens (tertiary/aromatic N) is 2. The molecular weight excluding hydrogens is 378 g/mol. The molecule has 5 nitrogen and oxygen atoms in total. The molecule has 1 heterocycles. The highest BCUT2D eigenvalue weighted by atomic mass is 79.9. The van der Waals surface area contributed by atoms with E-state index < -0.39 is 4.92 Å². The van der Waals surface area contributed by atoms with Crippen LogP contribution >= 0.6 is 31.9 Å². The normalized spacial score (nSPS) is 10.2. The van der Waals surface area contributed by atoms with Gasteiger partial charge in [0.2, 0.25) is 0 Å². The summed E-state index contributed by atoms with van der Waals surface area (Å²) in [5.74, 6) is 0. The minimum Gasteiger partial charge on any atom is -0.381 e. The molecule has 0 radical (unpaired) electrons. The second-order valence-corrected chi connectivity index (χ2v) is 5.56. The smallest absolute Gasteiger partial charge is 0.283 e. The van der Waals surface area contributed by atoms with Gasteiger partial charge in [-0.15, -0.1) is 0 Å². The van der Waals surface area contributed by atoms with Crippen LogP contribution in [0.5, 0.6) is 0 Å². The molecule has 1 aromatic heterocycles. The van der Waals surface area contributed by atoms with Crippen LogP contribution in [0.25, 0.3) is 0 Å². The third kappa shape index (κ3) is 3.74. The summed E-state index contributed by atoms with van der Waals surface area (Å²) in [7, 11) is 0. The summed E-state index contributed by atoms with van der Waals surface area (Å²) >= 11 is 6.54. The first-order valence-electron chi connectivity index (χ1n) is 5.33. The van der Waals surface area contributed by atoms with Crippen molar-refractivity contribution in [3.63, 3.8) is 0 Å². The lowest BCUT2D eigenvalue weighted by Gasteiger charge is -2.07. The Morgan fingerprint density at radius 3 is 2.68 bits per heavy atom. The summed E-state index contributed by atoms with van der Waals surface area (Å²) in [6.07, 6.45) is 3.48. The average Bonchev–Trinajstić information content (AvgIpc) is 2.36. The number of nitro groups is 1. The molecule has 19 heavy (non-hydrogen) atoms. The summed E-state index contributed by atoms with van der Waals surface area (Å²) in [6.45, 7) is 0.594. The first kappa shape index (κ1) is 14.0. The Hall–Kier alpha value is -1.47. The van der Waals surface area contributed by atoms with Gasteiger partial charge < -0.3 is 5.32 Å².